The van der Waals surface area contributed by atoms with Crippen LogP contribution in [0.25, 0.3) is 0 Å². The SMILES string of the molecule is Cl.Cl.O=C(N[C@@H](Cc1ccccc1)CN1CCN(Cc2ccccc2)CC1)C12CC3CC(CC(C3)C1)C2. The molecule has 1 saturated heterocycles. The minimum atomic E-state index is -0.0714. The lowest BCUT2D eigenvalue weighted by molar-refractivity contribution is -0.147. The van der Waals surface area contributed by atoms with E-state index in [1.54, 1.807) is 0 Å². The standard InChI is InChI=1S/C31H41N3O.2ClH/c35-30(31-19-26-15-27(20-31)17-28(16-26)21-31)32-29(18-24-7-3-1-4-8-24)23-34-13-11-33(12-14-34)22-25-9-5-2-6-10-25;;/h1-10,26-29H,11-23H2,(H,32,35);2*1H/t26?,27?,28?,29-,31?;;/m0../s1. The van der Waals surface area contributed by atoms with E-state index in [1.807, 2.05) is 0 Å². The first-order chi connectivity index (χ1) is 17.1. The van der Waals surface area contributed by atoms with E-state index in [-0.39, 0.29) is 36.3 Å². The lowest BCUT2D eigenvalue weighted by atomic mass is 9.49. The highest BCUT2D eigenvalue weighted by atomic mass is 35.5. The van der Waals surface area contributed by atoms with Gasteiger partial charge in [-0.2, -0.15) is 0 Å². The van der Waals surface area contributed by atoms with Crippen molar-refractivity contribution >= 4 is 30.7 Å². The van der Waals surface area contributed by atoms with Gasteiger partial charge in [-0.1, -0.05) is 60.7 Å². The normalized spacial score (nSPS) is 29.7. The molecule has 0 unspecified atom stereocenters. The van der Waals surface area contributed by atoms with Crippen LogP contribution in [0, 0.1) is 23.2 Å². The molecule has 2 aromatic rings. The number of halogens is 2. The topological polar surface area (TPSA) is 35.6 Å². The fourth-order valence-electron chi connectivity index (χ4n) is 8.07. The van der Waals surface area contributed by atoms with Crippen molar-refractivity contribution in [3.63, 3.8) is 0 Å². The van der Waals surface area contributed by atoms with Crippen molar-refractivity contribution in [1.29, 1.82) is 0 Å². The van der Waals surface area contributed by atoms with E-state index >= 15 is 0 Å². The first kappa shape index (κ1) is 28.4. The third kappa shape index (κ3) is 6.71. The van der Waals surface area contributed by atoms with E-state index in [4.69, 9.17) is 0 Å². The Kier molecular flexibility index (Phi) is 9.61. The van der Waals surface area contributed by atoms with Crippen LogP contribution < -0.4 is 5.32 Å². The number of hydrogen-bond acceptors (Lipinski definition) is 3. The summed E-state index contributed by atoms with van der Waals surface area (Å²) in [6, 6.07) is 21.7. The van der Waals surface area contributed by atoms with Gasteiger partial charge in [0.05, 0.1) is 0 Å². The average Bonchev–Trinajstić information content (AvgIpc) is 2.86. The maximum atomic E-state index is 13.9. The number of amides is 1. The minimum absolute atomic E-state index is 0. The zero-order valence-corrected chi connectivity index (χ0v) is 23.5. The summed E-state index contributed by atoms with van der Waals surface area (Å²) in [6.45, 7) is 6.32. The van der Waals surface area contributed by atoms with E-state index in [9.17, 15) is 4.79 Å². The molecule has 4 aliphatic carbocycles. The number of piperazine rings is 1. The van der Waals surface area contributed by atoms with Crippen LogP contribution in [0.15, 0.2) is 60.7 Å². The molecular weight excluding hydrogens is 501 g/mol. The van der Waals surface area contributed by atoms with Gasteiger partial charge in [-0.3, -0.25) is 14.6 Å². The number of carbonyl (C=O) groups is 1. The third-order valence-electron chi connectivity index (χ3n) is 9.37. The van der Waals surface area contributed by atoms with Gasteiger partial charge in [-0.25, -0.2) is 0 Å². The van der Waals surface area contributed by atoms with E-state index in [2.05, 4.69) is 75.8 Å². The predicted molar refractivity (Wildman–Crippen MR) is 155 cm³/mol. The van der Waals surface area contributed by atoms with Crippen LogP contribution in [-0.2, 0) is 17.8 Å². The molecule has 2 aromatic carbocycles. The summed E-state index contributed by atoms with van der Waals surface area (Å²) in [4.78, 5) is 19.0. The van der Waals surface area contributed by atoms with E-state index in [0.717, 1.165) is 82.7 Å². The molecule has 4 bridgehead atoms. The third-order valence-corrected chi connectivity index (χ3v) is 9.37. The van der Waals surface area contributed by atoms with Gasteiger partial charge in [-0.05, 0) is 73.8 Å². The highest BCUT2D eigenvalue weighted by molar-refractivity contribution is 5.85. The second-order valence-electron chi connectivity index (χ2n) is 12.1. The van der Waals surface area contributed by atoms with Gasteiger partial charge >= 0.3 is 0 Å². The first-order valence-electron chi connectivity index (χ1n) is 14.0. The van der Waals surface area contributed by atoms with Crippen molar-refractivity contribution in [2.24, 2.45) is 23.2 Å². The average molecular weight is 545 g/mol. The summed E-state index contributed by atoms with van der Waals surface area (Å²) in [5.41, 5.74) is 2.65. The lowest BCUT2D eigenvalue weighted by Gasteiger charge is -2.56. The number of nitrogens with one attached hydrogen (secondary N) is 1. The molecule has 7 rings (SSSR count). The Labute approximate surface area is 235 Å². The van der Waals surface area contributed by atoms with Gasteiger partial charge in [0.2, 0.25) is 5.91 Å². The van der Waals surface area contributed by atoms with E-state index in [1.165, 1.54) is 30.4 Å². The van der Waals surface area contributed by atoms with Crippen molar-refractivity contribution in [1.82, 2.24) is 15.1 Å². The maximum absolute atomic E-state index is 13.9. The fourth-order valence-corrected chi connectivity index (χ4v) is 8.07. The molecule has 1 amide bonds. The Morgan fingerprint density at radius 3 is 1.78 bits per heavy atom. The first-order valence-corrected chi connectivity index (χ1v) is 14.0. The molecule has 1 heterocycles. The van der Waals surface area contributed by atoms with Crippen molar-refractivity contribution in [3.8, 4) is 0 Å². The van der Waals surface area contributed by atoms with Crippen LogP contribution in [0.3, 0.4) is 0 Å². The largest absolute Gasteiger partial charge is 0.351 e. The Morgan fingerprint density at radius 2 is 1.24 bits per heavy atom. The smallest absolute Gasteiger partial charge is 0.226 e. The summed E-state index contributed by atoms with van der Waals surface area (Å²) in [7, 11) is 0. The summed E-state index contributed by atoms with van der Waals surface area (Å²) in [6.07, 6.45) is 8.49. The highest BCUT2D eigenvalue weighted by Crippen LogP contribution is 2.60. The lowest BCUT2D eigenvalue weighted by Crippen LogP contribution is -2.57. The molecule has 5 aliphatic rings. The molecule has 1 aliphatic heterocycles. The molecule has 5 fully saturated rings. The quantitative estimate of drug-likeness (QED) is 0.471. The predicted octanol–water partition coefficient (Wildman–Crippen LogP) is 5.59. The van der Waals surface area contributed by atoms with Crippen molar-refractivity contribution < 1.29 is 4.79 Å². The molecule has 4 saturated carbocycles. The Morgan fingerprint density at radius 1 is 0.757 bits per heavy atom. The molecule has 1 N–H and O–H groups in total. The molecule has 1 atom stereocenters. The number of nitrogens with zero attached hydrogens (tertiary/aromatic N) is 2. The van der Waals surface area contributed by atoms with Gasteiger partial charge in [0.15, 0.2) is 0 Å². The summed E-state index contributed by atoms with van der Waals surface area (Å²) >= 11 is 0. The number of carbonyl (C=O) groups excluding carboxylic acids is 1. The van der Waals surface area contributed by atoms with Gasteiger partial charge < -0.3 is 5.32 Å². The molecule has 0 radical (unpaired) electrons. The molecule has 37 heavy (non-hydrogen) atoms. The Bertz CT molecular complexity index is 959. The second kappa shape index (κ2) is 12.5. The van der Waals surface area contributed by atoms with Crippen LogP contribution in [0.1, 0.15) is 49.7 Å². The van der Waals surface area contributed by atoms with Crippen LogP contribution >= 0.6 is 24.8 Å². The summed E-state index contributed by atoms with van der Waals surface area (Å²) in [5, 5.41) is 3.63. The van der Waals surface area contributed by atoms with Crippen LogP contribution in [0.5, 0.6) is 0 Å². The molecule has 0 aromatic heterocycles. The zero-order valence-electron chi connectivity index (χ0n) is 21.9. The number of hydrogen-bond donors (Lipinski definition) is 1. The number of rotatable bonds is 8. The summed E-state index contributed by atoms with van der Waals surface area (Å²) in [5.74, 6) is 2.78. The molecule has 202 valence electrons. The van der Waals surface area contributed by atoms with Crippen molar-refractivity contribution in [2.45, 2.75) is 57.5 Å². The van der Waals surface area contributed by atoms with Crippen LogP contribution in [-0.4, -0.2) is 54.5 Å². The minimum Gasteiger partial charge on any atom is -0.351 e. The van der Waals surface area contributed by atoms with Crippen LogP contribution in [0.2, 0.25) is 0 Å². The van der Waals surface area contributed by atoms with Gasteiger partial charge in [0, 0.05) is 50.7 Å². The van der Waals surface area contributed by atoms with Crippen molar-refractivity contribution in [2.75, 3.05) is 32.7 Å². The van der Waals surface area contributed by atoms with Gasteiger partial charge in [0.25, 0.3) is 0 Å². The molecule has 4 nitrogen and oxygen atoms in total. The summed E-state index contributed by atoms with van der Waals surface area (Å²) < 4.78 is 0. The molecule has 0 spiro atoms. The van der Waals surface area contributed by atoms with Gasteiger partial charge in [0.1, 0.15) is 0 Å². The fraction of sp³-hybridized carbons (Fsp3) is 0.581. The second-order valence-corrected chi connectivity index (χ2v) is 12.1. The zero-order chi connectivity index (χ0) is 23.7. The number of benzene rings is 2. The van der Waals surface area contributed by atoms with Crippen LogP contribution in [0.4, 0.5) is 0 Å². The Hall–Kier alpha value is -1.59. The monoisotopic (exact) mass is 543 g/mol. The van der Waals surface area contributed by atoms with Crippen molar-refractivity contribution in [3.05, 3.63) is 71.8 Å². The molecular formula is C31H43Cl2N3O. The maximum Gasteiger partial charge on any atom is 0.226 e. The molecule has 6 heteroatoms. The van der Waals surface area contributed by atoms with E-state index < -0.39 is 0 Å². The van der Waals surface area contributed by atoms with E-state index in [0.29, 0.717) is 5.91 Å². The highest BCUT2D eigenvalue weighted by Gasteiger charge is 2.54. The Balaban J connectivity index is 0.00000160. The van der Waals surface area contributed by atoms with Gasteiger partial charge in [-0.15, -0.1) is 24.8 Å².